The monoisotopic (exact) mass is 284 g/mol. The van der Waals surface area contributed by atoms with Crippen molar-refractivity contribution in [1.29, 1.82) is 0 Å². The minimum Gasteiger partial charge on any atom is -0.399 e. The molecule has 19 heavy (non-hydrogen) atoms. The quantitative estimate of drug-likeness (QED) is 0.723. The number of nitrogen functional groups attached to an aromatic ring is 1. The maximum atomic E-state index is 12.4. The van der Waals surface area contributed by atoms with E-state index in [-0.39, 0.29) is 11.5 Å². The summed E-state index contributed by atoms with van der Waals surface area (Å²) in [5.74, 6) is 0. The lowest BCUT2D eigenvalue weighted by Crippen LogP contribution is -2.49. The highest BCUT2D eigenvalue weighted by molar-refractivity contribution is 7.89. The molecule has 1 aliphatic carbocycles. The average molecular weight is 284 g/mol. The Morgan fingerprint density at radius 2 is 2.00 bits per heavy atom. The molecule has 0 radical (unpaired) electrons. The van der Waals surface area contributed by atoms with Crippen molar-refractivity contribution >= 4 is 15.7 Å². The van der Waals surface area contributed by atoms with Crippen molar-refractivity contribution in [2.45, 2.75) is 43.0 Å². The summed E-state index contributed by atoms with van der Waals surface area (Å²) < 4.78 is 27.5. The van der Waals surface area contributed by atoms with Crippen LogP contribution in [0.2, 0.25) is 0 Å². The number of benzene rings is 1. The lowest BCUT2D eigenvalue weighted by atomic mass is 10.0. The van der Waals surface area contributed by atoms with Crippen molar-refractivity contribution in [2.24, 2.45) is 0 Å². The number of aliphatic hydroxyl groups is 1. The summed E-state index contributed by atoms with van der Waals surface area (Å²) in [5.41, 5.74) is 6.08. The highest BCUT2D eigenvalue weighted by Crippen LogP contribution is 2.31. The Balaban J connectivity index is 2.32. The Bertz CT molecular complexity index is 563. The predicted molar refractivity (Wildman–Crippen MR) is 74.2 cm³/mol. The standard InChI is InChI=1S/C13H20N2O3S/c1-10-8-11(14)4-5-12(10)19(17,18)15-13(9-16)6-2-3-7-13/h4-5,8,15-16H,2-3,6-7,9,14H2,1H3. The molecule has 0 bridgehead atoms. The Morgan fingerprint density at radius 1 is 1.37 bits per heavy atom. The topological polar surface area (TPSA) is 92.4 Å². The third kappa shape index (κ3) is 2.91. The second kappa shape index (κ2) is 5.11. The molecule has 0 saturated heterocycles. The molecule has 0 aromatic heterocycles. The summed E-state index contributed by atoms with van der Waals surface area (Å²) in [6.07, 6.45) is 3.22. The van der Waals surface area contributed by atoms with Gasteiger partial charge in [0.15, 0.2) is 0 Å². The van der Waals surface area contributed by atoms with Crippen LogP contribution in [0.1, 0.15) is 31.2 Å². The summed E-state index contributed by atoms with van der Waals surface area (Å²) >= 11 is 0. The van der Waals surface area contributed by atoms with E-state index in [4.69, 9.17) is 5.73 Å². The van der Waals surface area contributed by atoms with Crippen molar-refractivity contribution < 1.29 is 13.5 Å². The number of nitrogens with two attached hydrogens (primary N) is 1. The molecule has 1 aromatic carbocycles. The zero-order valence-electron chi connectivity index (χ0n) is 11.0. The van der Waals surface area contributed by atoms with E-state index >= 15 is 0 Å². The Hall–Kier alpha value is -1.11. The number of hydrogen-bond acceptors (Lipinski definition) is 4. The third-order valence-corrected chi connectivity index (χ3v) is 5.44. The van der Waals surface area contributed by atoms with Crippen molar-refractivity contribution in [3.63, 3.8) is 0 Å². The summed E-state index contributed by atoms with van der Waals surface area (Å²) in [5, 5.41) is 9.49. The number of sulfonamides is 1. The molecular weight excluding hydrogens is 264 g/mol. The SMILES string of the molecule is Cc1cc(N)ccc1S(=O)(=O)NC1(CO)CCCC1. The molecule has 1 aliphatic rings. The molecule has 4 N–H and O–H groups in total. The average Bonchev–Trinajstić information content (AvgIpc) is 2.77. The molecule has 0 unspecified atom stereocenters. The van der Waals surface area contributed by atoms with Gasteiger partial charge in [-0.3, -0.25) is 0 Å². The van der Waals surface area contributed by atoms with Crippen LogP contribution in [0.15, 0.2) is 23.1 Å². The molecular formula is C13H20N2O3S. The lowest BCUT2D eigenvalue weighted by Gasteiger charge is -2.27. The maximum Gasteiger partial charge on any atom is 0.241 e. The second-order valence-electron chi connectivity index (χ2n) is 5.28. The molecule has 2 rings (SSSR count). The number of hydrogen-bond donors (Lipinski definition) is 3. The van der Waals surface area contributed by atoms with E-state index < -0.39 is 15.6 Å². The molecule has 1 saturated carbocycles. The Morgan fingerprint density at radius 3 is 2.53 bits per heavy atom. The van der Waals surface area contributed by atoms with Gasteiger partial charge in [-0.15, -0.1) is 0 Å². The minimum absolute atomic E-state index is 0.166. The van der Waals surface area contributed by atoms with Crippen LogP contribution in [-0.4, -0.2) is 25.7 Å². The molecule has 0 atom stereocenters. The van der Waals surface area contributed by atoms with Gasteiger partial charge in [-0.2, -0.15) is 0 Å². The Kier molecular flexibility index (Phi) is 3.85. The van der Waals surface area contributed by atoms with Crippen LogP contribution < -0.4 is 10.5 Å². The number of aliphatic hydroxyl groups excluding tert-OH is 1. The molecule has 0 spiro atoms. The van der Waals surface area contributed by atoms with Gasteiger partial charge in [0.25, 0.3) is 0 Å². The van der Waals surface area contributed by atoms with Gasteiger partial charge in [-0.25, -0.2) is 13.1 Å². The van der Waals surface area contributed by atoms with Crippen LogP contribution >= 0.6 is 0 Å². The molecule has 106 valence electrons. The van der Waals surface area contributed by atoms with E-state index in [0.29, 0.717) is 24.1 Å². The summed E-state index contributed by atoms with van der Waals surface area (Å²) in [6.45, 7) is 1.55. The maximum absolute atomic E-state index is 12.4. The molecule has 1 aromatic rings. The van der Waals surface area contributed by atoms with Crippen molar-refractivity contribution in [1.82, 2.24) is 4.72 Å². The summed E-state index contributed by atoms with van der Waals surface area (Å²) in [6, 6.07) is 4.71. The van der Waals surface area contributed by atoms with Gasteiger partial charge in [0.1, 0.15) is 0 Å². The van der Waals surface area contributed by atoms with Gasteiger partial charge >= 0.3 is 0 Å². The molecule has 0 heterocycles. The van der Waals surface area contributed by atoms with Crippen LogP contribution in [-0.2, 0) is 10.0 Å². The lowest BCUT2D eigenvalue weighted by molar-refractivity contribution is 0.185. The number of nitrogens with one attached hydrogen (secondary N) is 1. The smallest absolute Gasteiger partial charge is 0.241 e. The predicted octanol–water partition coefficient (Wildman–Crippen LogP) is 1.16. The fourth-order valence-corrected chi connectivity index (χ4v) is 4.34. The highest BCUT2D eigenvalue weighted by Gasteiger charge is 2.37. The normalized spacial score (nSPS) is 18.6. The third-order valence-electron chi connectivity index (χ3n) is 3.70. The van der Waals surface area contributed by atoms with Crippen LogP contribution in [0.25, 0.3) is 0 Å². The fourth-order valence-electron chi connectivity index (χ4n) is 2.66. The number of anilines is 1. The van der Waals surface area contributed by atoms with Crippen LogP contribution in [0, 0.1) is 6.92 Å². The summed E-state index contributed by atoms with van der Waals surface area (Å²) in [4.78, 5) is 0.224. The second-order valence-corrected chi connectivity index (χ2v) is 6.93. The van der Waals surface area contributed by atoms with Crippen molar-refractivity contribution in [3.05, 3.63) is 23.8 Å². The fraction of sp³-hybridized carbons (Fsp3) is 0.538. The minimum atomic E-state index is -3.63. The zero-order valence-corrected chi connectivity index (χ0v) is 11.8. The first-order valence-electron chi connectivity index (χ1n) is 6.40. The van der Waals surface area contributed by atoms with E-state index in [2.05, 4.69) is 4.72 Å². The van der Waals surface area contributed by atoms with Gasteiger partial charge in [0, 0.05) is 5.69 Å². The number of aryl methyl sites for hydroxylation is 1. The van der Waals surface area contributed by atoms with Gasteiger partial charge in [-0.1, -0.05) is 12.8 Å². The first kappa shape index (κ1) is 14.3. The molecule has 5 nitrogen and oxygen atoms in total. The van der Waals surface area contributed by atoms with Gasteiger partial charge < -0.3 is 10.8 Å². The van der Waals surface area contributed by atoms with Gasteiger partial charge in [0.2, 0.25) is 10.0 Å². The van der Waals surface area contributed by atoms with Crippen molar-refractivity contribution in [3.8, 4) is 0 Å². The van der Waals surface area contributed by atoms with E-state index in [0.717, 1.165) is 12.8 Å². The molecule has 0 aliphatic heterocycles. The van der Waals surface area contributed by atoms with E-state index in [1.165, 1.54) is 6.07 Å². The van der Waals surface area contributed by atoms with Crippen LogP contribution in [0.5, 0.6) is 0 Å². The zero-order chi connectivity index (χ0) is 14.1. The van der Waals surface area contributed by atoms with Crippen LogP contribution in [0.4, 0.5) is 5.69 Å². The van der Waals surface area contributed by atoms with Crippen molar-refractivity contribution in [2.75, 3.05) is 12.3 Å². The van der Waals surface area contributed by atoms with Gasteiger partial charge in [0.05, 0.1) is 17.0 Å². The number of rotatable bonds is 4. The summed E-state index contributed by atoms with van der Waals surface area (Å²) in [7, 11) is -3.63. The van der Waals surface area contributed by atoms with Gasteiger partial charge in [-0.05, 0) is 43.5 Å². The highest BCUT2D eigenvalue weighted by atomic mass is 32.2. The van der Waals surface area contributed by atoms with E-state index in [1.54, 1.807) is 19.1 Å². The van der Waals surface area contributed by atoms with Crippen LogP contribution in [0.3, 0.4) is 0 Å². The first-order valence-corrected chi connectivity index (χ1v) is 7.88. The Labute approximate surface area is 113 Å². The molecule has 1 fully saturated rings. The largest absolute Gasteiger partial charge is 0.399 e. The first-order chi connectivity index (χ1) is 8.88. The molecule has 6 heteroatoms. The van der Waals surface area contributed by atoms with E-state index in [1.807, 2.05) is 0 Å². The van der Waals surface area contributed by atoms with E-state index in [9.17, 15) is 13.5 Å². The molecule has 0 amide bonds.